The molecule has 1 atom stereocenters. The first-order valence-electron chi connectivity index (χ1n) is 8.59. The van der Waals surface area contributed by atoms with Crippen molar-refractivity contribution in [2.75, 3.05) is 26.2 Å². The van der Waals surface area contributed by atoms with E-state index < -0.39 is 8.32 Å². The van der Waals surface area contributed by atoms with E-state index in [4.69, 9.17) is 4.43 Å². The first-order chi connectivity index (χ1) is 10.3. The quantitative estimate of drug-likeness (QED) is 0.707. The van der Waals surface area contributed by atoms with Crippen LogP contribution < -0.4 is 9.74 Å². The second-order valence-corrected chi connectivity index (χ2v) is 12.1. The van der Waals surface area contributed by atoms with Crippen molar-refractivity contribution < 1.29 is 4.43 Å². The zero-order valence-electron chi connectivity index (χ0n) is 15.7. The maximum absolute atomic E-state index is 6.08. The topological polar surface area (TPSA) is 24.5 Å². The molecule has 1 aliphatic rings. The summed E-state index contributed by atoms with van der Waals surface area (Å²) >= 11 is 0. The Kier molecular flexibility index (Phi) is 10.5. The summed E-state index contributed by atoms with van der Waals surface area (Å²) in [7, 11) is -1.52. The number of nitrogens with one attached hydrogen (secondary N) is 1. The second-order valence-electron chi connectivity index (χ2n) is 7.71. The van der Waals surface area contributed by atoms with Crippen LogP contribution >= 0.6 is 24.8 Å². The normalized spacial score (nSPS) is 16.9. The number of rotatable bonds is 6. The zero-order valence-corrected chi connectivity index (χ0v) is 18.3. The van der Waals surface area contributed by atoms with Gasteiger partial charge in [-0.15, -0.1) is 24.8 Å². The first-order valence-corrected chi connectivity index (χ1v) is 12.0. The molecule has 1 saturated heterocycles. The molecule has 0 bridgehead atoms. The lowest BCUT2D eigenvalue weighted by atomic mass is 9.95. The van der Waals surface area contributed by atoms with Crippen molar-refractivity contribution in [1.29, 1.82) is 0 Å². The number of piperazine rings is 1. The Bertz CT molecular complexity index is 457. The van der Waals surface area contributed by atoms with Crippen molar-refractivity contribution in [3.05, 3.63) is 29.8 Å². The average molecular weight is 393 g/mol. The first kappa shape index (κ1) is 23.7. The standard InChI is InChI=1S/C18H32N2OSi.2ClH/c1-15(2)14-18(20-12-10-19-11-13-20)16-6-8-17(9-7-16)21-22(3,4)5;;/h6-9,15,18-19H,10-14H2,1-5H3;2*1H/t18-;;/m0../s1. The van der Waals surface area contributed by atoms with Gasteiger partial charge in [-0.05, 0) is 49.7 Å². The SMILES string of the molecule is CC(C)C[C@@H](c1ccc(O[Si](C)(C)C)cc1)N1CCNCC1.Cl.Cl. The maximum Gasteiger partial charge on any atom is 0.242 e. The van der Waals surface area contributed by atoms with Crippen molar-refractivity contribution in [2.45, 2.75) is 46.0 Å². The van der Waals surface area contributed by atoms with Gasteiger partial charge in [0.05, 0.1) is 0 Å². The summed E-state index contributed by atoms with van der Waals surface area (Å²) in [4.78, 5) is 2.63. The molecule has 0 radical (unpaired) electrons. The summed E-state index contributed by atoms with van der Waals surface area (Å²) in [5.41, 5.74) is 1.43. The largest absolute Gasteiger partial charge is 0.544 e. The fraction of sp³-hybridized carbons (Fsp3) is 0.667. The smallest absolute Gasteiger partial charge is 0.242 e. The average Bonchev–Trinajstić information content (AvgIpc) is 2.45. The molecule has 0 unspecified atom stereocenters. The molecule has 0 aromatic heterocycles. The third-order valence-corrected chi connectivity index (χ3v) is 4.82. The number of nitrogens with zero attached hydrogens (tertiary/aromatic N) is 1. The highest BCUT2D eigenvalue weighted by Crippen LogP contribution is 2.29. The summed E-state index contributed by atoms with van der Waals surface area (Å²) in [6.45, 7) is 15.8. The van der Waals surface area contributed by atoms with Gasteiger partial charge in [0.2, 0.25) is 8.32 Å². The van der Waals surface area contributed by atoms with Crippen LogP contribution in [0.4, 0.5) is 0 Å². The summed E-state index contributed by atoms with van der Waals surface area (Å²) in [6.07, 6.45) is 1.22. The summed E-state index contributed by atoms with van der Waals surface area (Å²) in [5, 5.41) is 3.45. The van der Waals surface area contributed by atoms with E-state index in [0.29, 0.717) is 12.0 Å². The summed E-state index contributed by atoms with van der Waals surface area (Å²) in [5.74, 6) is 1.73. The third-order valence-electron chi connectivity index (χ3n) is 3.98. The molecule has 1 aromatic rings. The lowest BCUT2D eigenvalue weighted by Crippen LogP contribution is -2.45. The van der Waals surface area contributed by atoms with Crippen LogP contribution in [0.1, 0.15) is 31.9 Å². The van der Waals surface area contributed by atoms with Gasteiger partial charge in [-0.25, -0.2) is 0 Å². The summed E-state index contributed by atoms with van der Waals surface area (Å²) in [6, 6.07) is 9.38. The zero-order chi connectivity index (χ0) is 16.2. The van der Waals surface area contributed by atoms with Crippen LogP contribution in [0, 0.1) is 5.92 Å². The molecule has 140 valence electrons. The van der Waals surface area contributed by atoms with E-state index in [0.717, 1.165) is 31.9 Å². The van der Waals surface area contributed by atoms with Gasteiger partial charge in [0, 0.05) is 32.2 Å². The lowest BCUT2D eigenvalue weighted by Gasteiger charge is -2.36. The lowest BCUT2D eigenvalue weighted by molar-refractivity contribution is 0.154. The molecule has 1 aliphatic heterocycles. The van der Waals surface area contributed by atoms with Crippen molar-refractivity contribution in [3.8, 4) is 5.75 Å². The molecule has 24 heavy (non-hydrogen) atoms. The van der Waals surface area contributed by atoms with Crippen molar-refractivity contribution in [1.82, 2.24) is 10.2 Å². The highest BCUT2D eigenvalue weighted by Gasteiger charge is 2.23. The predicted octanol–water partition coefficient (Wildman–Crippen LogP) is 4.74. The summed E-state index contributed by atoms with van der Waals surface area (Å²) < 4.78 is 6.08. The molecule has 1 aromatic carbocycles. The Morgan fingerprint density at radius 1 is 1.04 bits per heavy atom. The highest BCUT2D eigenvalue weighted by molar-refractivity contribution is 6.70. The highest BCUT2D eigenvalue weighted by atomic mass is 35.5. The van der Waals surface area contributed by atoms with E-state index in [1.165, 1.54) is 12.0 Å². The molecule has 6 heteroatoms. The Balaban J connectivity index is 0.00000264. The van der Waals surface area contributed by atoms with Gasteiger partial charge < -0.3 is 9.74 Å². The Morgan fingerprint density at radius 3 is 2.04 bits per heavy atom. The van der Waals surface area contributed by atoms with Crippen molar-refractivity contribution in [3.63, 3.8) is 0 Å². The van der Waals surface area contributed by atoms with Gasteiger partial charge in [-0.1, -0.05) is 26.0 Å². The van der Waals surface area contributed by atoms with Crippen LogP contribution in [-0.2, 0) is 0 Å². The van der Waals surface area contributed by atoms with Gasteiger partial charge >= 0.3 is 0 Å². The van der Waals surface area contributed by atoms with Crippen LogP contribution in [0.25, 0.3) is 0 Å². The number of halogens is 2. The van der Waals surface area contributed by atoms with Crippen LogP contribution in [0.3, 0.4) is 0 Å². The molecule has 1 fully saturated rings. The second kappa shape index (κ2) is 10.7. The van der Waals surface area contributed by atoms with E-state index in [1.54, 1.807) is 0 Å². The van der Waals surface area contributed by atoms with Gasteiger partial charge in [-0.3, -0.25) is 4.90 Å². The number of hydrogen-bond donors (Lipinski definition) is 1. The van der Waals surface area contributed by atoms with Crippen LogP contribution in [-0.4, -0.2) is 39.4 Å². The van der Waals surface area contributed by atoms with Crippen molar-refractivity contribution >= 4 is 33.1 Å². The van der Waals surface area contributed by atoms with Crippen LogP contribution in [0.5, 0.6) is 5.75 Å². The monoisotopic (exact) mass is 392 g/mol. The Morgan fingerprint density at radius 2 is 1.58 bits per heavy atom. The predicted molar refractivity (Wildman–Crippen MR) is 112 cm³/mol. The molecule has 1 N–H and O–H groups in total. The fourth-order valence-corrected chi connectivity index (χ4v) is 3.89. The molecular formula is C18H34Cl2N2OSi. The molecule has 1 heterocycles. The maximum atomic E-state index is 6.08. The molecule has 0 aliphatic carbocycles. The van der Waals surface area contributed by atoms with E-state index in [2.05, 4.69) is 68.0 Å². The fourth-order valence-electron chi connectivity index (χ4n) is 3.05. The van der Waals surface area contributed by atoms with Gasteiger partial charge in [0.15, 0.2) is 0 Å². The molecule has 0 spiro atoms. The van der Waals surface area contributed by atoms with Crippen molar-refractivity contribution in [2.24, 2.45) is 5.92 Å². The van der Waals surface area contributed by atoms with E-state index in [9.17, 15) is 0 Å². The van der Waals surface area contributed by atoms with E-state index in [1.807, 2.05) is 0 Å². The third kappa shape index (κ3) is 7.75. The van der Waals surface area contributed by atoms with Gasteiger partial charge in [-0.2, -0.15) is 0 Å². The number of benzene rings is 1. The minimum atomic E-state index is -1.52. The molecule has 0 saturated carbocycles. The van der Waals surface area contributed by atoms with Crippen LogP contribution in [0.2, 0.25) is 19.6 Å². The Hall–Kier alpha value is -0.263. The minimum Gasteiger partial charge on any atom is -0.544 e. The molecule has 2 rings (SSSR count). The van der Waals surface area contributed by atoms with E-state index in [-0.39, 0.29) is 24.8 Å². The van der Waals surface area contributed by atoms with Gasteiger partial charge in [0.1, 0.15) is 5.75 Å². The molecule has 0 amide bonds. The molecular weight excluding hydrogens is 359 g/mol. The molecule has 3 nitrogen and oxygen atoms in total. The van der Waals surface area contributed by atoms with E-state index >= 15 is 0 Å². The van der Waals surface area contributed by atoms with Crippen LogP contribution in [0.15, 0.2) is 24.3 Å². The van der Waals surface area contributed by atoms with Gasteiger partial charge in [0.25, 0.3) is 0 Å². The Labute approximate surface area is 161 Å². The minimum absolute atomic E-state index is 0. The number of hydrogen-bond acceptors (Lipinski definition) is 3.